The van der Waals surface area contributed by atoms with Gasteiger partial charge in [0.1, 0.15) is 0 Å². The van der Waals surface area contributed by atoms with Gasteiger partial charge in [-0.1, -0.05) is 31.2 Å². The predicted molar refractivity (Wildman–Crippen MR) is 105 cm³/mol. The average Bonchev–Trinajstić information content (AvgIpc) is 2.66. The highest BCUT2D eigenvalue weighted by molar-refractivity contribution is 6.03. The lowest BCUT2D eigenvalue weighted by Crippen LogP contribution is -2.13. The second-order valence-corrected chi connectivity index (χ2v) is 6.17. The van der Waals surface area contributed by atoms with E-state index in [1.54, 1.807) is 0 Å². The molecule has 2 aromatic carbocycles. The zero-order valence-electron chi connectivity index (χ0n) is 15.2. The fourth-order valence-corrected chi connectivity index (χ4v) is 2.54. The third-order valence-electron chi connectivity index (χ3n) is 4.39. The lowest BCUT2D eigenvalue weighted by Gasteiger charge is -2.10. The molecule has 1 aromatic heterocycles. The standard InChI is InChI=1S/C21H22N4O/c1-4-16-8-10-18(11-9-16)24-20(26)17-12-22-21(23-13-17)25-19-7-5-6-14(2)15(19)3/h5-13H,4H2,1-3H3,(H,24,26)(H,22,23,25). The molecule has 132 valence electrons. The summed E-state index contributed by atoms with van der Waals surface area (Å²) in [6.07, 6.45) is 4.02. The van der Waals surface area contributed by atoms with Crippen LogP contribution in [0.5, 0.6) is 0 Å². The van der Waals surface area contributed by atoms with Crippen LogP contribution in [0.15, 0.2) is 54.9 Å². The van der Waals surface area contributed by atoms with E-state index in [4.69, 9.17) is 0 Å². The van der Waals surface area contributed by atoms with Crippen LogP contribution in [-0.2, 0) is 6.42 Å². The first-order valence-corrected chi connectivity index (χ1v) is 8.62. The Morgan fingerprint density at radius 3 is 2.35 bits per heavy atom. The summed E-state index contributed by atoms with van der Waals surface area (Å²) in [5.41, 5.74) is 5.70. The number of hydrogen-bond acceptors (Lipinski definition) is 4. The van der Waals surface area contributed by atoms with Crippen LogP contribution in [0.25, 0.3) is 0 Å². The van der Waals surface area contributed by atoms with E-state index in [2.05, 4.69) is 40.5 Å². The van der Waals surface area contributed by atoms with Gasteiger partial charge in [-0.05, 0) is 55.2 Å². The molecule has 0 spiro atoms. The number of rotatable bonds is 5. The Kier molecular flexibility index (Phi) is 5.27. The normalized spacial score (nSPS) is 10.4. The summed E-state index contributed by atoms with van der Waals surface area (Å²) in [7, 11) is 0. The molecule has 0 unspecified atom stereocenters. The molecule has 0 aliphatic rings. The van der Waals surface area contributed by atoms with Gasteiger partial charge in [0.15, 0.2) is 0 Å². The Labute approximate surface area is 153 Å². The molecule has 0 aliphatic heterocycles. The maximum atomic E-state index is 12.3. The minimum absolute atomic E-state index is 0.229. The summed E-state index contributed by atoms with van der Waals surface area (Å²) in [4.78, 5) is 20.8. The topological polar surface area (TPSA) is 66.9 Å². The molecule has 0 radical (unpaired) electrons. The van der Waals surface area contributed by atoms with Crippen molar-refractivity contribution >= 4 is 23.2 Å². The molecule has 0 atom stereocenters. The van der Waals surface area contributed by atoms with Gasteiger partial charge >= 0.3 is 0 Å². The lowest BCUT2D eigenvalue weighted by atomic mass is 10.1. The number of nitrogens with zero attached hydrogens (tertiary/aromatic N) is 2. The molecule has 2 N–H and O–H groups in total. The van der Waals surface area contributed by atoms with Crippen LogP contribution in [0, 0.1) is 13.8 Å². The Morgan fingerprint density at radius 2 is 1.69 bits per heavy atom. The first-order chi connectivity index (χ1) is 12.6. The number of nitrogens with one attached hydrogen (secondary N) is 2. The van der Waals surface area contributed by atoms with Crippen molar-refractivity contribution < 1.29 is 4.79 Å². The SMILES string of the molecule is CCc1ccc(NC(=O)c2cnc(Nc3cccc(C)c3C)nc2)cc1. The number of aryl methyl sites for hydroxylation is 2. The van der Waals surface area contributed by atoms with E-state index in [1.165, 1.54) is 23.5 Å². The highest BCUT2D eigenvalue weighted by atomic mass is 16.1. The Balaban J connectivity index is 1.68. The highest BCUT2D eigenvalue weighted by Crippen LogP contribution is 2.20. The van der Waals surface area contributed by atoms with Crippen molar-refractivity contribution in [3.63, 3.8) is 0 Å². The zero-order valence-corrected chi connectivity index (χ0v) is 15.2. The summed E-state index contributed by atoms with van der Waals surface area (Å²) in [5, 5.41) is 6.04. The minimum atomic E-state index is -0.229. The molecule has 1 heterocycles. The van der Waals surface area contributed by atoms with Gasteiger partial charge in [0, 0.05) is 23.8 Å². The van der Waals surface area contributed by atoms with Crippen molar-refractivity contribution in [3.8, 4) is 0 Å². The first kappa shape index (κ1) is 17.6. The van der Waals surface area contributed by atoms with Gasteiger partial charge in [-0.15, -0.1) is 0 Å². The average molecular weight is 346 g/mol. The van der Waals surface area contributed by atoms with Crippen molar-refractivity contribution in [2.45, 2.75) is 27.2 Å². The van der Waals surface area contributed by atoms with Crippen molar-refractivity contribution in [2.75, 3.05) is 10.6 Å². The molecular formula is C21H22N4O. The van der Waals surface area contributed by atoms with E-state index in [9.17, 15) is 4.79 Å². The van der Waals surface area contributed by atoms with Crippen molar-refractivity contribution in [1.29, 1.82) is 0 Å². The highest BCUT2D eigenvalue weighted by Gasteiger charge is 2.09. The van der Waals surface area contributed by atoms with E-state index in [0.717, 1.165) is 23.4 Å². The minimum Gasteiger partial charge on any atom is -0.324 e. The van der Waals surface area contributed by atoms with Gasteiger partial charge in [-0.25, -0.2) is 9.97 Å². The summed E-state index contributed by atoms with van der Waals surface area (Å²) in [6, 6.07) is 13.8. The molecular weight excluding hydrogens is 324 g/mol. The molecule has 0 fully saturated rings. The number of anilines is 3. The monoisotopic (exact) mass is 346 g/mol. The van der Waals surface area contributed by atoms with Crippen LogP contribution in [0.2, 0.25) is 0 Å². The third kappa shape index (κ3) is 4.06. The van der Waals surface area contributed by atoms with E-state index < -0.39 is 0 Å². The molecule has 3 aromatic rings. The Morgan fingerprint density at radius 1 is 1.00 bits per heavy atom. The maximum Gasteiger partial charge on any atom is 0.258 e. The molecule has 3 rings (SSSR count). The number of carbonyl (C=O) groups is 1. The van der Waals surface area contributed by atoms with Crippen LogP contribution in [0.4, 0.5) is 17.3 Å². The smallest absolute Gasteiger partial charge is 0.258 e. The Bertz CT molecular complexity index is 902. The van der Waals surface area contributed by atoms with Gasteiger partial charge in [-0.3, -0.25) is 4.79 Å². The summed E-state index contributed by atoms with van der Waals surface area (Å²) in [5.74, 6) is 0.232. The second kappa shape index (κ2) is 7.78. The fourth-order valence-electron chi connectivity index (χ4n) is 2.54. The first-order valence-electron chi connectivity index (χ1n) is 8.62. The van der Waals surface area contributed by atoms with Crippen LogP contribution in [-0.4, -0.2) is 15.9 Å². The predicted octanol–water partition coefficient (Wildman–Crippen LogP) is 4.65. The zero-order chi connectivity index (χ0) is 18.5. The van der Waals surface area contributed by atoms with E-state index in [-0.39, 0.29) is 5.91 Å². The van der Waals surface area contributed by atoms with Crippen LogP contribution in [0.3, 0.4) is 0 Å². The van der Waals surface area contributed by atoms with E-state index in [1.807, 2.05) is 43.3 Å². The van der Waals surface area contributed by atoms with Gasteiger partial charge in [-0.2, -0.15) is 0 Å². The number of benzene rings is 2. The third-order valence-corrected chi connectivity index (χ3v) is 4.39. The van der Waals surface area contributed by atoms with E-state index >= 15 is 0 Å². The summed E-state index contributed by atoms with van der Waals surface area (Å²) < 4.78 is 0. The van der Waals surface area contributed by atoms with Crippen molar-refractivity contribution in [3.05, 3.63) is 77.1 Å². The number of aromatic nitrogens is 2. The fraction of sp³-hybridized carbons (Fsp3) is 0.190. The summed E-state index contributed by atoms with van der Waals surface area (Å²) in [6.45, 7) is 6.20. The maximum absolute atomic E-state index is 12.3. The van der Waals surface area contributed by atoms with Crippen LogP contribution >= 0.6 is 0 Å². The summed E-state index contributed by atoms with van der Waals surface area (Å²) >= 11 is 0. The van der Waals surface area contributed by atoms with Crippen LogP contribution in [0.1, 0.15) is 34.0 Å². The molecule has 0 saturated carbocycles. The molecule has 1 amide bonds. The molecule has 26 heavy (non-hydrogen) atoms. The van der Waals surface area contributed by atoms with E-state index in [0.29, 0.717) is 11.5 Å². The number of amides is 1. The largest absolute Gasteiger partial charge is 0.324 e. The van der Waals surface area contributed by atoms with Crippen molar-refractivity contribution in [2.24, 2.45) is 0 Å². The second-order valence-electron chi connectivity index (χ2n) is 6.17. The Hall–Kier alpha value is -3.21. The molecule has 5 heteroatoms. The lowest BCUT2D eigenvalue weighted by molar-refractivity contribution is 0.102. The van der Waals surface area contributed by atoms with Gasteiger partial charge in [0.2, 0.25) is 5.95 Å². The number of hydrogen-bond donors (Lipinski definition) is 2. The van der Waals surface area contributed by atoms with Crippen molar-refractivity contribution in [1.82, 2.24) is 9.97 Å². The van der Waals surface area contributed by atoms with Gasteiger partial charge in [0.05, 0.1) is 5.56 Å². The molecule has 0 bridgehead atoms. The van der Waals surface area contributed by atoms with Crippen LogP contribution < -0.4 is 10.6 Å². The molecule has 5 nitrogen and oxygen atoms in total. The molecule has 0 aliphatic carbocycles. The van der Waals surface area contributed by atoms with Gasteiger partial charge < -0.3 is 10.6 Å². The number of carbonyl (C=O) groups excluding carboxylic acids is 1. The quantitative estimate of drug-likeness (QED) is 0.705. The van der Waals surface area contributed by atoms with Gasteiger partial charge in [0.25, 0.3) is 5.91 Å². The molecule has 0 saturated heterocycles.